The van der Waals surface area contributed by atoms with Crippen molar-refractivity contribution in [2.75, 3.05) is 39.6 Å². The van der Waals surface area contributed by atoms with Gasteiger partial charge < -0.3 is 33.8 Å². The molecule has 0 aromatic rings. The van der Waals surface area contributed by atoms with Crippen LogP contribution in [0, 0.1) is 0 Å². The van der Waals surface area contributed by atoms with E-state index in [4.69, 9.17) is 37.0 Å². The summed E-state index contributed by atoms with van der Waals surface area (Å²) < 4.78 is 68.2. The molecule has 3 N–H and O–H groups in total. The van der Waals surface area contributed by atoms with Crippen molar-refractivity contribution in [3.63, 3.8) is 0 Å². The van der Waals surface area contributed by atoms with Crippen molar-refractivity contribution in [3.05, 3.63) is 24.3 Å². The third-order valence-corrected chi connectivity index (χ3v) is 18.6. The minimum atomic E-state index is -4.96. The Hall–Kier alpha value is -2.46. The number of carbonyl (C=O) groups is 4. The maximum absolute atomic E-state index is 13.1. The van der Waals surface area contributed by atoms with Gasteiger partial charge in [0.15, 0.2) is 12.2 Å². The highest BCUT2D eigenvalue weighted by atomic mass is 31.2. The molecule has 0 saturated heterocycles. The van der Waals surface area contributed by atoms with Crippen LogP contribution in [0.4, 0.5) is 0 Å². The predicted octanol–water partition coefficient (Wildman–Crippen LogP) is 21.4. The molecule has 17 nitrogen and oxygen atoms in total. The number of carbonyl (C=O) groups excluding carboxylic acids is 4. The molecule has 93 heavy (non-hydrogen) atoms. The number of allylic oxidation sites excluding steroid dienone is 4. The minimum absolute atomic E-state index is 0.102. The first-order valence-corrected chi connectivity index (χ1v) is 41.1. The van der Waals surface area contributed by atoms with Crippen molar-refractivity contribution >= 4 is 39.5 Å². The van der Waals surface area contributed by atoms with Crippen LogP contribution in [-0.2, 0) is 65.4 Å². The molecule has 2 unspecified atom stereocenters. The number of esters is 4. The molecule has 0 radical (unpaired) electrons. The van der Waals surface area contributed by atoms with Crippen LogP contribution in [0.5, 0.6) is 0 Å². The van der Waals surface area contributed by atoms with Gasteiger partial charge in [0.1, 0.15) is 19.3 Å². The van der Waals surface area contributed by atoms with Crippen LogP contribution in [-0.4, -0.2) is 96.7 Å². The minimum Gasteiger partial charge on any atom is -0.462 e. The van der Waals surface area contributed by atoms with Gasteiger partial charge in [0, 0.05) is 25.7 Å². The zero-order valence-electron chi connectivity index (χ0n) is 59.7. The molecule has 0 heterocycles. The SMILES string of the molecule is CCCCCC/C=C\C=C/CCCCCCCC(=O)OC[C@H](COP(=O)(O)OC[C@@H](O)COP(=O)(O)OC[C@@H](COC(=O)CCCCCCCCCC)OC(=O)CCCCCCCCCC)OC(=O)CCCCCCCCCCCCCCCCCCCCCCCC. The second-order valence-corrected chi connectivity index (χ2v) is 28.9. The van der Waals surface area contributed by atoms with E-state index in [0.29, 0.717) is 25.7 Å². The van der Waals surface area contributed by atoms with Gasteiger partial charge in [-0.1, -0.05) is 315 Å². The lowest BCUT2D eigenvalue weighted by Crippen LogP contribution is -2.30. The fourth-order valence-corrected chi connectivity index (χ4v) is 12.4. The van der Waals surface area contributed by atoms with Crippen LogP contribution in [0.25, 0.3) is 0 Å². The highest BCUT2D eigenvalue weighted by Crippen LogP contribution is 2.45. The van der Waals surface area contributed by atoms with Crippen LogP contribution >= 0.6 is 15.6 Å². The smallest absolute Gasteiger partial charge is 0.462 e. The molecule has 0 aliphatic carbocycles. The first-order chi connectivity index (χ1) is 45.2. The van der Waals surface area contributed by atoms with Crippen molar-refractivity contribution in [1.29, 1.82) is 0 Å². The second kappa shape index (κ2) is 68.1. The van der Waals surface area contributed by atoms with E-state index >= 15 is 0 Å². The highest BCUT2D eigenvalue weighted by molar-refractivity contribution is 7.47. The first kappa shape index (κ1) is 90.5. The van der Waals surface area contributed by atoms with Crippen molar-refractivity contribution in [1.82, 2.24) is 0 Å². The Labute approximate surface area is 567 Å². The van der Waals surface area contributed by atoms with E-state index in [-0.39, 0.29) is 25.7 Å². The molecule has 0 rings (SSSR count). The second-order valence-electron chi connectivity index (χ2n) is 26.0. The standard InChI is InChI=1S/C74H140O17P2/c1-5-9-13-17-21-25-27-29-31-32-33-34-35-36-37-39-41-43-45-49-53-57-61-74(79)91-70(65-85-72(77)59-55-51-48-44-42-40-38-30-28-26-22-18-14-10-6-2)67-89-93(82,83)87-63-68(75)62-86-92(80,81)88-66-69(90-73(78)60-56-52-47-24-20-16-12-8-4)64-84-71(76)58-54-50-46-23-19-15-11-7-3/h26,28,30,38,68-70,75H,5-25,27,29,31-37,39-67H2,1-4H3,(H,80,81)(H,82,83)/b28-26-,38-30-/t68-,69+,70+/m0/s1. The van der Waals surface area contributed by atoms with Crippen LogP contribution in [0.2, 0.25) is 0 Å². The van der Waals surface area contributed by atoms with E-state index in [0.717, 1.165) is 122 Å². The maximum Gasteiger partial charge on any atom is 0.472 e. The molecular weight excluding hydrogens is 1220 g/mol. The monoisotopic (exact) mass is 1360 g/mol. The zero-order valence-corrected chi connectivity index (χ0v) is 61.5. The Bertz CT molecular complexity index is 1870. The highest BCUT2D eigenvalue weighted by Gasteiger charge is 2.30. The van der Waals surface area contributed by atoms with Crippen molar-refractivity contribution in [2.24, 2.45) is 0 Å². The summed E-state index contributed by atoms with van der Waals surface area (Å²) in [6, 6.07) is 0. The lowest BCUT2D eigenvalue weighted by molar-refractivity contribution is -0.161. The van der Waals surface area contributed by atoms with E-state index in [1.165, 1.54) is 167 Å². The van der Waals surface area contributed by atoms with Crippen LogP contribution in [0.15, 0.2) is 24.3 Å². The number of phosphoric acid groups is 2. The molecule has 0 saturated carbocycles. The number of aliphatic hydroxyl groups is 1. The van der Waals surface area contributed by atoms with Gasteiger partial charge in [0.2, 0.25) is 0 Å². The van der Waals surface area contributed by atoms with E-state index < -0.39 is 97.5 Å². The van der Waals surface area contributed by atoms with Gasteiger partial charge >= 0.3 is 39.5 Å². The quantitative estimate of drug-likeness (QED) is 0.0169. The summed E-state index contributed by atoms with van der Waals surface area (Å²) in [6.45, 7) is 4.84. The largest absolute Gasteiger partial charge is 0.472 e. The summed E-state index contributed by atoms with van der Waals surface area (Å²) in [5.74, 6) is -2.15. The predicted molar refractivity (Wildman–Crippen MR) is 377 cm³/mol. The molecule has 0 aliphatic heterocycles. The fourth-order valence-electron chi connectivity index (χ4n) is 10.9. The molecule has 0 aromatic carbocycles. The molecular formula is C74H140O17P2. The van der Waals surface area contributed by atoms with E-state index in [9.17, 15) is 43.2 Å². The summed E-state index contributed by atoms with van der Waals surface area (Å²) >= 11 is 0. The van der Waals surface area contributed by atoms with Crippen molar-refractivity contribution in [2.45, 2.75) is 386 Å². The van der Waals surface area contributed by atoms with E-state index in [2.05, 4.69) is 52.0 Å². The molecule has 19 heteroatoms. The Balaban J connectivity index is 5.16. The van der Waals surface area contributed by atoms with Gasteiger partial charge in [0.25, 0.3) is 0 Å². The average Bonchev–Trinajstić information content (AvgIpc) is 2.77. The Morgan fingerprint density at radius 2 is 0.516 bits per heavy atom. The number of phosphoric ester groups is 2. The molecule has 0 aromatic heterocycles. The molecule has 0 fully saturated rings. The van der Waals surface area contributed by atoms with E-state index in [1.54, 1.807) is 0 Å². The third kappa shape index (κ3) is 67.9. The number of ether oxygens (including phenoxy) is 4. The zero-order chi connectivity index (χ0) is 68.2. The Morgan fingerprint density at radius 1 is 0.301 bits per heavy atom. The van der Waals surface area contributed by atoms with Gasteiger partial charge in [-0.15, -0.1) is 0 Å². The molecule has 0 bridgehead atoms. The molecule has 0 spiro atoms. The number of aliphatic hydroxyl groups excluding tert-OH is 1. The van der Waals surface area contributed by atoms with Gasteiger partial charge in [0.05, 0.1) is 26.4 Å². The lowest BCUT2D eigenvalue weighted by atomic mass is 10.0. The van der Waals surface area contributed by atoms with Gasteiger partial charge in [-0.2, -0.15) is 0 Å². The Morgan fingerprint density at radius 3 is 0.785 bits per heavy atom. The Kier molecular flexibility index (Phi) is 66.3. The van der Waals surface area contributed by atoms with Crippen LogP contribution in [0.3, 0.4) is 0 Å². The summed E-state index contributed by atoms with van der Waals surface area (Å²) in [5, 5.41) is 10.6. The number of rotatable bonds is 73. The van der Waals surface area contributed by atoms with Gasteiger partial charge in [-0.25, -0.2) is 9.13 Å². The summed E-state index contributed by atoms with van der Waals surface area (Å²) in [5.41, 5.74) is 0. The van der Waals surface area contributed by atoms with Crippen LogP contribution in [0.1, 0.15) is 368 Å². The summed E-state index contributed by atoms with van der Waals surface area (Å²) in [7, 11) is -9.91. The van der Waals surface area contributed by atoms with Crippen molar-refractivity contribution in [3.8, 4) is 0 Å². The fraction of sp³-hybridized carbons (Fsp3) is 0.892. The summed E-state index contributed by atoms with van der Waals surface area (Å²) in [6.07, 6.45) is 60.8. The lowest BCUT2D eigenvalue weighted by Gasteiger charge is -2.21. The molecule has 0 amide bonds. The number of hydrogen-bond acceptors (Lipinski definition) is 15. The molecule has 0 aliphatic rings. The van der Waals surface area contributed by atoms with Gasteiger partial charge in [-0.3, -0.25) is 37.3 Å². The average molecular weight is 1360 g/mol. The van der Waals surface area contributed by atoms with Crippen molar-refractivity contribution < 1.29 is 80.2 Å². The maximum atomic E-state index is 13.1. The topological polar surface area (TPSA) is 237 Å². The normalized spacial score (nSPS) is 14.1. The number of hydrogen-bond donors (Lipinski definition) is 3. The third-order valence-electron chi connectivity index (χ3n) is 16.7. The van der Waals surface area contributed by atoms with Gasteiger partial charge in [-0.05, 0) is 51.4 Å². The van der Waals surface area contributed by atoms with Crippen LogP contribution < -0.4 is 0 Å². The number of unbranched alkanes of at least 4 members (excludes halogenated alkanes) is 44. The van der Waals surface area contributed by atoms with E-state index in [1.807, 2.05) is 0 Å². The molecule has 548 valence electrons. The summed E-state index contributed by atoms with van der Waals surface area (Å²) in [4.78, 5) is 72.4. The first-order valence-electron chi connectivity index (χ1n) is 38.1. The molecule has 5 atom stereocenters.